The first-order chi connectivity index (χ1) is 8.09. The highest BCUT2D eigenvalue weighted by Crippen LogP contribution is 2.31. The van der Waals surface area contributed by atoms with E-state index in [4.69, 9.17) is 5.73 Å². The molecule has 1 saturated heterocycles. The molecular weight excluding hydrogens is 230 g/mol. The van der Waals surface area contributed by atoms with Crippen LogP contribution in [0.3, 0.4) is 0 Å². The molecule has 0 saturated carbocycles. The van der Waals surface area contributed by atoms with Gasteiger partial charge in [-0.3, -0.25) is 4.90 Å². The number of hydrogen-bond donors (Lipinski definition) is 1. The third-order valence-electron chi connectivity index (χ3n) is 3.57. The highest BCUT2D eigenvalue weighted by atomic mass is 32.1. The van der Waals surface area contributed by atoms with E-state index < -0.39 is 0 Å². The number of thiazole rings is 1. The summed E-state index contributed by atoms with van der Waals surface area (Å²) in [4.78, 5) is 7.18. The maximum Gasteiger partial charge on any atom is 0.0898 e. The van der Waals surface area contributed by atoms with E-state index in [1.807, 2.05) is 0 Å². The number of aryl methyl sites for hydroxylation is 1. The zero-order valence-corrected chi connectivity index (χ0v) is 11.8. The molecule has 2 N–H and O–H groups in total. The number of likely N-dealkylation sites (tertiary alicyclic amines) is 1. The third kappa shape index (κ3) is 2.87. The van der Waals surface area contributed by atoms with Gasteiger partial charge in [0.05, 0.1) is 16.7 Å². The summed E-state index contributed by atoms with van der Waals surface area (Å²) in [6.07, 6.45) is 3.61. The zero-order chi connectivity index (χ0) is 12.4. The Kier molecular flexibility index (Phi) is 4.17. The molecule has 2 rings (SSSR count). The van der Waals surface area contributed by atoms with E-state index in [9.17, 15) is 0 Å². The molecule has 0 spiro atoms. The maximum absolute atomic E-state index is 6.37. The Hall–Kier alpha value is -0.450. The van der Waals surface area contributed by atoms with Gasteiger partial charge >= 0.3 is 0 Å². The van der Waals surface area contributed by atoms with Gasteiger partial charge in [-0.1, -0.05) is 6.42 Å². The Morgan fingerprint density at radius 2 is 2.24 bits per heavy atom. The largest absolute Gasteiger partial charge is 0.326 e. The van der Waals surface area contributed by atoms with Crippen LogP contribution < -0.4 is 5.73 Å². The fourth-order valence-corrected chi connectivity index (χ4v) is 3.34. The first-order valence-electron chi connectivity index (χ1n) is 6.53. The number of nitrogens with two attached hydrogens (primary N) is 1. The molecule has 0 bridgehead atoms. The predicted molar refractivity (Wildman–Crippen MR) is 73.3 cm³/mol. The second-order valence-corrected chi connectivity index (χ2v) is 6.29. The topological polar surface area (TPSA) is 42.1 Å². The highest BCUT2D eigenvalue weighted by Gasteiger charge is 2.31. The number of hydrogen-bond acceptors (Lipinski definition) is 4. The van der Waals surface area contributed by atoms with Crippen molar-refractivity contribution in [2.75, 3.05) is 6.54 Å². The summed E-state index contributed by atoms with van der Waals surface area (Å²) >= 11 is 1.73. The van der Waals surface area contributed by atoms with Gasteiger partial charge in [-0.2, -0.15) is 0 Å². The molecule has 2 unspecified atom stereocenters. The van der Waals surface area contributed by atoms with Gasteiger partial charge in [-0.05, 0) is 40.2 Å². The first kappa shape index (κ1) is 13.0. The van der Waals surface area contributed by atoms with Crippen LogP contribution in [0.1, 0.15) is 49.9 Å². The first-order valence-corrected chi connectivity index (χ1v) is 7.41. The van der Waals surface area contributed by atoms with Gasteiger partial charge in [0.15, 0.2) is 0 Å². The molecule has 4 heteroatoms. The van der Waals surface area contributed by atoms with Crippen molar-refractivity contribution in [1.29, 1.82) is 0 Å². The van der Waals surface area contributed by atoms with Gasteiger partial charge in [0, 0.05) is 17.5 Å². The zero-order valence-electron chi connectivity index (χ0n) is 11.0. The second kappa shape index (κ2) is 5.46. The normalized spacial score (nSPS) is 27.4. The monoisotopic (exact) mass is 253 g/mol. The molecule has 0 radical (unpaired) electrons. The summed E-state index contributed by atoms with van der Waals surface area (Å²) in [5, 5.41) is 3.32. The van der Waals surface area contributed by atoms with E-state index >= 15 is 0 Å². The molecule has 2 heterocycles. The standard InChI is InChI=1S/C13H23N3S/c1-9(2)16-7-5-4-6-11(14)13(16)12-8-17-10(3)15-12/h8-9,11,13H,4-7,14H2,1-3H3. The average molecular weight is 253 g/mol. The Labute approximate surface area is 108 Å². The molecule has 1 fully saturated rings. The van der Waals surface area contributed by atoms with E-state index in [0.717, 1.165) is 18.0 Å². The second-order valence-electron chi connectivity index (χ2n) is 5.23. The summed E-state index contributed by atoms with van der Waals surface area (Å²) in [6, 6.07) is 1.06. The molecule has 0 aliphatic carbocycles. The van der Waals surface area contributed by atoms with Crippen LogP contribution in [0.2, 0.25) is 0 Å². The van der Waals surface area contributed by atoms with Crippen LogP contribution >= 0.6 is 11.3 Å². The van der Waals surface area contributed by atoms with Crippen LogP contribution in [0.4, 0.5) is 0 Å². The van der Waals surface area contributed by atoms with Crippen molar-refractivity contribution in [3.8, 4) is 0 Å². The van der Waals surface area contributed by atoms with Crippen LogP contribution in [0.5, 0.6) is 0 Å². The fraction of sp³-hybridized carbons (Fsp3) is 0.769. The molecule has 1 aliphatic heterocycles. The van der Waals surface area contributed by atoms with E-state index in [0.29, 0.717) is 12.1 Å². The van der Waals surface area contributed by atoms with E-state index in [-0.39, 0.29) is 6.04 Å². The number of aromatic nitrogens is 1. The fourth-order valence-electron chi connectivity index (χ4n) is 2.70. The van der Waals surface area contributed by atoms with Crippen molar-refractivity contribution in [1.82, 2.24) is 9.88 Å². The van der Waals surface area contributed by atoms with Gasteiger partial charge in [-0.15, -0.1) is 11.3 Å². The Morgan fingerprint density at radius 1 is 1.47 bits per heavy atom. The van der Waals surface area contributed by atoms with E-state index in [2.05, 4.69) is 36.0 Å². The minimum absolute atomic E-state index is 0.224. The van der Waals surface area contributed by atoms with Crippen molar-refractivity contribution in [2.24, 2.45) is 5.73 Å². The van der Waals surface area contributed by atoms with E-state index in [1.165, 1.54) is 18.5 Å². The van der Waals surface area contributed by atoms with Crippen LogP contribution in [0.15, 0.2) is 5.38 Å². The molecule has 3 nitrogen and oxygen atoms in total. The molecule has 17 heavy (non-hydrogen) atoms. The van der Waals surface area contributed by atoms with Gasteiger partial charge in [-0.25, -0.2) is 4.98 Å². The molecule has 2 atom stereocenters. The smallest absolute Gasteiger partial charge is 0.0898 e. The van der Waals surface area contributed by atoms with Gasteiger partial charge in [0.25, 0.3) is 0 Å². The Balaban J connectivity index is 2.29. The summed E-state index contributed by atoms with van der Waals surface area (Å²) in [6.45, 7) is 7.72. The van der Waals surface area contributed by atoms with Crippen LogP contribution in [0.25, 0.3) is 0 Å². The van der Waals surface area contributed by atoms with Gasteiger partial charge in [0.2, 0.25) is 0 Å². The summed E-state index contributed by atoms with van der Waals surface area (Å²) in [5.74, 6) is 0. The van der Waals surface area contributed by atoms with Crippen molar-refractivity contribution in [2.45, 2.75) is 58.2 Å². The maximum atomic E-state index is 6.37. The summed E-state index contributed by atoms with van der Waals surface area (Å²) < 4.78 is 0. The average Bonchev–Trinajstić information content (AvgIpc) is 2.58. The van der Waals surface area contributed by atoms with Crippen molar-refractivity contribution < 1.29 is 0 Å². The third-order valence-corrected chi connectivity index (χ3v) is 4.36. The number of nitrogens with zero attached hydrogens (tertiary/aromatic N) is 2. The Bertz CT molecular complexity index is 361. The quantitative estimate of drug-likeness (QED) is 0.881. The molecule has 0 amide bonds. The van der Waals surface area contributed by atoms with Crippen LogP contribution in [0, 0.1) is 6.92 Å². The summed E-state index contributed by atoms with van der Waals surface area (Å²) in [5.41, 5.74) is 7.55. The van der Waals surface area contributed by atoms with E-state index in [1.54, 1.807) is 11.3 Å². The Morgan fingerprint density at radius 3 is 2.82 bits per heavy atom. The molecule has 1 aromatic rings. The molecule has 96 valence electrons. The predicted octanol–water partition coefficient (Wildman–Crippen LogP) is 2.71. The van der Waals surface area contributed by atoms with Crippen molar-refractivity contribution in [3.63, 3.8) is 0 Å². The lowest BCUT2D eigenvalue weighted by molar-refractivity contribution is 0.141. The molecule has 1 aliphatic rings. The van der Waals surface area contributed by atoms with Crippen molar-refractivity contribution >= 4 is 11.3 Å². The minimum Gasteiger partial charge on any atom is -0.326 e. The lowest BCUT2D eigenvalue weighted by atomic mass is 10.0. The van der Waals surface area contributed by atoms with Crippen molar-refractivity contribution in [3.05, 3.63) is 16.1 Å². The molecule has 0 aromatic carbocycles. The lowest BCUT2D eigenvalue weighted by Crippen LogP contribution is -2.43. The summed E-state index contributed by atoms with van der Waals surface area (Å²) in [7, 11) is 0. The van der Waals surface area contributed by atoms with Gasteiger partial charge in [0.1, 0.15) is 0 Å². The highest BCUT2D eigenvalue weighted by molar-refractivity contribution is 7.09. The molecule has 1 aromatic heterocycles. The van der Waals surface area contributed by atoms with Gasteiger partial charge < -0.3 is 5.73 Å². The molecular formula is C13H23N3S. The minimum atomic E-state index is 0.224. The van der Waals surface area contributed by atoms with Crippen LogP contribution in [-0.2, 0) is 0 Å². The lowest BCUT2D eigenvalue weighted by Gasteiger charge is -2.35. The number of rotatable bonds is 2. The van der Waals surface area contributed by atoms with Crippen LogP contribution in [-0.4, -0.2) is 28.5 Å². The SMILES string of the molecule is Cc1nc(C2C(N)CCCCN2C(C)C)cs1.